The fourth-order valence-corrected chi connectivity index (χ4v) is 1.03. The van der Waals surface area contributed by atoms with Gasteiger partial charge in [0, 0.05) is 32.4 Å². The predicted octanol–water partition coefficient (Wildman–Crippen LogP) is -0.363. The molecule has 0 amide bonds. The number of imidazole rings is 1. The second kappa shape index (κ2) is 4.61. The fraction of sp³-hybridized carbons (Fsp3) is 0.500. The lowest BCUT2D eigenvalue weighted by atomic mass is 10.4. The van der Waals surface area contributed by atoms with E-state index >= 15 is 0 Å². The number of aryl methyl sites for hydroxylation is 1. The Kier molecular flexibility index (Phi) is 3.45. The maximum atomic E-state index is 10.1. The van der Waals surface area contributed by atoms with Gasteiger partial charge in [-0.05, 0) is 0 Å². The lowest BCUT2D eigenvalue weighted by molar-refractivity contribution is -0.135. The summed E-state index contributed by atoms with van der Waals surface area (Å²) in [5.41, 5.74) is 0. The molecule has 0 atom stereocenters. The number of aliphatic carboxylic acids is 1. The average molecular weight is 183 g/mol. The second-order valence-electron chi connectivity index (χ2n) is 2.77. The minimum Gasteiger partial charge on any atom is -0.480 e. The number of carbonyl (C=O) groups is 1. The molecule has 2 N–H and O–H groups in total. The van der Waals surface area contributed by atoms with Gasteiger partial charge in [-0.15, -0.1) is 0 Å². The molecule has 72 valence electrons. The largest absolute Gasteiger partial charge is 0.480 e. The Bertz CT molecular complexity index is 283. The van der Waals surface area contributed by atoms with Gasteiger partial charge in [0.15, 0.2) is 0 Å². The van der Waals surface area contributed by atoms with E-state index in [-0.39, 0.29) is 6.54 Å². The maximum Gasteiger partial charge on any atom is 0.317 e. The monoisotopic (exact) mass is 183 g/mol. The minimum atomic E-state index is -0.833. The second-order valence-corrected chi connectivity index (χ2v) is 2.77. The van der Waals surface area contributed by atoms with E-state index in [4.69, 9.17) is 5.11 Å². The molecule has 0 saturated heterocycles. The molecule has 5 nitrogen and oxygen atoms in total. The van der Waals surface area contributed by atoms with Crippen molar-refractivity contribution in [1.82, 2.24) is 14.9 Å². The summed E-state index contributed by atoms with van der Waals surface area (Å²) >= 11 is 0. The summed E-state index contributed by atoms with van der Waals surface area (Å²) in [6.07, 6.45) is 4.34. The predicted molar refractivity (Wildman–Crippen MR) is 47.4 cm³/mol. The minimum absolute atomic E-state index is 0.00439. The van der Waals surface area contributed by atoms with Crippen LogP contribution >= 0.6 is 0 Å². The summed E-state index contributed by atoms with van der Waals surface area (Å²) in [4.78, 5) is 14.3. The van der Waals surface area contributed by atoms with Gasteiger partial charge < -0.3 is 15.0 Å². The number of nitrogens with zero attached hydrogens (tertiary/aromatic N) is 2. The Balaban J connectivity index is 2.20. The van der Waals surface area contributed by atoms with Crippen LogP contribution in [-0.4, -0.2) is 33.7 Å². The van der Waals surface area contributed by atoms with Gasteiger partial charge in [-0.2, -0.15) is 0 Å². The molecule has 1 aromatic rings. The normalized spacial score (nSPS) is 10.2. The maximum absolute atomic E-state index is 10.1. The molecule has 0 spiro atoms. The highest BCUT2D eigenvalue weighted by atomic mass is 16.4. The van der Waals surface area contributed by atoms with Crippen molar-refractivity contribution in [3.05, 3.63) is 18.2 Å². The van der Waals surface area contributed by atoms with Gasteiger partial charge in [0.05, 0.1) is 6.54 Å². The van der Waals surface area contributed by atoms with E-state index in [1.54, 1.807) is 6.20 Å². The molecule has 0 aliphatic rings. The Morgan fingerprint density at radius 1 is 1.77 bits per heavy atom. The van der Waals surface area contributed by atoms with Crippen molar-refractivity contribution >= 4 is 5.97 Å². The van der Waals surface area contributed by atoms with Crippen LogP contribution in [0.5, 0.6) is 0 Å². The van der Waals surface area contributed by atoms with E-state index in [0.29, 0.717) is 6.54 Å². The van der Waals surface area contributed by atoms with Crippen LogP contribution in [0.4, 0.5) is 0 Å². The molecule has 1 aromatic heterocycles. The zero-order chi connectivity index (χ0) is 9.68. The van der Waals surface area contributed by atoms with E-state index in [1.807, 2.05) is 17.8 Å². The summed E-state index contributed by atoms with van der Waals surface area (Å²) in [5, 5.41) is 11.1. The van der Waals surface area contributed by atoms with Crippen molar-refractivity contribution in [3.63, 3.8) is 0 Å². The summed E-state index contributed by atoms with van der Waals surface area (Å²) < 4.78 is 1.92. The molecule has 1 heterocycles. The van der Waals surface area contributed by atoms with Crippen LogP contribution in [0.3, 0.4) is 0 Å². The van der Waals surface area contributed by atoms with E-state index < -0.39 is 5.97 Å². The quantitative estimate of drug-likeness (QED) is 0.611. The summed E-state index contributed by atoms with van der Waals surface area (Å²) in [6, 6.07) is 0. The summed E-state index contributed by atoms with van der Waals surface area (Å²) in [7, 11) is 1.92. The molecule has 0 bridgehead atoms. The molecule has 0 aliphatic heterocycles. The first-order valence-corrected chi connectivity index (χ1v) is 4.09. The lowest BCUT2D eigenvalue weighted by Gasteiger charge is -2.01. The molecule has 0 radical (unpaired) electrons. The molecule has 0 saturated carbocycles. The number of hydrogen-bond donors (Lipinski definition) is 2. The van der Waals surface area contributed by atoms with Gasteiger partial charge in [0.2, 0.25) is 0 Å². The highest BCUT2D eigenvalue weighted by Crippen LogP contribution is 1.93. The molecule has 5 heteroatoms. The highest BCUT2D eigenvalue weighted by molar-refractivity contribution is 5.68. The van der Waals surface area contributed by atoms with Crippen molar-refractivity contribution in [3.8, 4) is 0 Å². The molecule has 0 unspecified atom stereocenters. The Labute approximate surface area is 76.4 Å². The summed E-state index contributed by atoms with van der Waals surface area (Å²) in [5.74, 6) is 0.123. The molecule has 0 fully saturated rings. The van der Waals surface area contributed by atoms with Crippen LogP contribution in [0, 0.1) is 0 Å². The van der Waals surface area contributed by atoms with E-state index in [1.165, 1.54) is 0 Å². The van der Waals surface area contributed by atoms with Crippen LogP contribution in [0.25, 0.3) is 0 Å². The van der Waals surface area contributed by atoms with Gasteiger partial charge >= 0.3 is 5.97 Å². The fourth-order valence-electron chi connectivity index (χ4n) is 1.03. The number of aromatic nitrogens is 2. The zero-order valence-corrected chi connectivity index (χ0v) is 7.53. The Morgan fingerprint density at radius 3 is 3.08 bits per heavy atom. The number of carboxylic acids is 1. The van der Waals surface area contributed by atoms with Crippen LogP contribution < -0.4 is 5.32 Å². The summed E-state index contributed by atoms with van der Waals surface area (Å²) in [6.45, 7) is 0.640. The van der Waals surface area contributed by atoms with Crippen molar-refractivity contribution in [2.45, 2.75) is 6.42 Å². The van der Waals surface area contributed by atoms with E-state index in [2.05, 4.69) is 10.3 Å². The van der Waals surface area contributed by atoms with Crippen LogP contribution in [-0.2, 0) is 18.3 Å². The highest BCUT2D eigenvalue weighted by Gasteiger charge is 1.99. The number of nitrogens with one attached hydrogen (secondary N) is 1. The molecular weight excluding hydrogens is 170 g/mol. The average Bonchev–Trinajstić information content (AvgIpc) is 2.45. The SMILES string of the molecule is Cn1ccnc1CCNCC(=O)O. The molecule has 13 heavy (non-hydrogen) atoms. The van der Waals surface area contributed by atoms with Gasteiger partial charge in [-0.1, -0.05) is 0 Å². The first kappa shape index (κ1) is 9.73. The van der Waals surface area contributed by atoms with Crippen LogP contribution in [0.15, 0.2) is 12.4 Å². The number of rotatable bonds is 5. The van der Waals surface area contributed by atoms with Crippen LogP contribution in [0.1, 0.15) is 5.82 Å². The van der Waals surface area contributed by atoms with E-state index in [9.17, 15) is 4.79 Å². The first-order valence-electron chi connectivity index (χ1n) is 4.09. The van der Waals surface area contributed by atoms with Gasteiger partial charge in [-0.3, -0.25) is 4.79 Å². The smallest absolute Gasteiger partial charge is 0.317 e. The van der Waals surface area contributed by atoms with Crippen LogP contribution in [0.2, 0.25) is 0 Å². The standard InChI is InChI=1S/C8H13N3O2/c1-11-5-4-10-7(11)2-3-9-6-8(12)13/h4-5,9H,2-3,6H2,1H3,(H,12,13). The molecule has 0 aliphatic carbocycles. The van der Waals surface area contributed by atoms with Crippen molar-refractivity contribution in [2.24, 2.45) is 7.05 Å². The van der Waals surface area contributed by atoms with Gasteiger partial charge in [-0.25, -0.2) is 4.98 Å². The topological polar surface area (TPSA) is 67.2 Å². The van der Waals surface area contributed by atoms with Crippen molar-refractivity contribution in [1.29, 1.82) is 0 Å². The molecule has 0 aromatic carbocycles. The first-order chi connectivity index (χ1) is 6.20. The zero-order valence-electron chi connectivity index (χ0n) is 7.53. The van der Waals surface area contributed by atoms with Crippen molar-refractivity contribution in [2.75, 3.05) is 13.1 Å². The third-order valence-corrected chi connectivity index (χ3v) is 1.72. The Morgan fingerprint density at radius 2 is 2.54 bits per heavy atom. The third-order valence-electron chi connectivity index (χ3n) is 1.72. The van der Waals surface area contributed by atoms with E-state index in [0.717, 1.165) is 12.2 Å². The van der Waals surface area contributed by atoms with Crippen molar-refractivity contribution < 1.29 is 9.90 Å². The van der Waals surface area contributed by atoms with Gasteiger partial charge in [0.25, 0.3) is 0 Å². The molecular formula is C8H13N3O2. The Hall–Kier alpha value is -1.36. The number of hydrogen-bond acceptors (Lipinski definition) is 3. The third kappa shape index (κ3) is 3.25. The van der Waals surface area contributed by atoms with Gasteiger partial charge in [0.1, 0.15) is 5.82 Å². The lowest BCUT2D eigenvalue weighted by Crippen LogP contribution is -2.25. The molecule has 1 rings (SSSR count). The number of carboxylic acid groups (broad SMARTS) is 1.